The molecule has 0 radical (unpaired) electrons. The Hall–Kier alpha value is -2.14. The molecule has 2 aromatic carbocycles. The average Bonchev–Trinajstić information content (AvgIpc) is 2.63. The Morgan fingerprint density at radius 1 is 1.04 bits per heavy atom. The minimum atomic E-state index is -0.539. The molecule has 0 aliphatic carbocycles. The Morgan fingerprint density at radius 3 is 2.23 bits per heavy atom. The van der Waals surface area contributed by atoms with E-state index in [1.807, 2.05) is 49.4 Å². The number of nitrogens with one attached hydrogen (secondary N) is 1. The van der Waals surface area contributed by atoms with Crippen LogP contribution in [-0.2, 0) is 22.6 Å². The second-order valence-electron chi connectivity index (χ2n) is 6.53. The molecule has 0 spiro atoms. The van der Waals surface area contributed by atoms with Crippen molar-refractivity contribution >= 4 is 27.7 Å². The van der Waals surface area contributed by atoms with Crippen molar-refractivity contribution in [3.05, 3.63) is 69.2 Å². The molecular weight excluding hydrogens is 392 g/mol. The van der Waals surface area contributed by atoms with E-state index in [-0.39, 0.29) is 18.2 Å². The third-order valence-electron chi connectivity index (χ3n) is 4.61. The number of benzene rings is 2. The molecule has 4 nitrogen and oxygen atoms in total. The van der Waals surface area contributed by atoms with Crippen LogP contribution in [-0.4, -0.2) is 29.8 Å². The molecule has 0 fully saturated rings. The predicted molar refractivity (Wildman–Crippen MR) is 108 cm³/mol. The first-order valence-corrected chi connectivity index (χ1v) is 9.42. The SMILES string of the molecule is CNC(=O)C(C)N(Cc1ccc(Br)cc1)C(=O)Cc1ccc(C)c(C)c1. The van der Waals surface area contributed by atoms with Gasteiger partial charge in [0.15, 0.2) is 0 Å². The highest BCUT2D eigenvalue weighted by Gasteiger charge is 2.25. The summed E-state index contributed by atoms with van der Waals surface area (Å²) in [4.78, 5) is 26.8. The van der Waals surface area contributed by atoms with E-state index in [0.717, 1.165) is 21.2 Å². The number of carbonyl (C=O) groups excluding carboxylic acids is 2. The summed E-state index contributed by atoms with van der Waals surface area (Å²) in [5.74, 6) is -0.233. The van der Waals surface area contributed by atoms with Crippen LogP contribution in [0.5, 0.6) is 0 Å². The van der Waals surface area contributed by atoms with Crippen molar-refractivity contribution in [3.8, 4) is 0 Å². The minimum absolute atomic E-state index is 0.0627. The first kappa shape index (κ1) is 20.2. The molecule has 1 N–H and O–H groups in total. The van der Waals surface area contributed by atoms with Gasteiger partial charge in [-0.1, -0.05) is 46.3 Å². The molecule has 0 bridgehead atoms. The largest absolute Gasteiger partial charge is 0.357 e. The van der Waals surface area contributed by atoms with E-state index < -0.39 is 6.04 Å². The maximum atomic E-state index is 13.0. The number of likely N-dealkylation sites (N-methyl/N-ethyl adjacent to an activating group) is 1. The zero-order chi connectivity index (χ0) is 19.3. The molecule has 0 aliphatic heterocycles. The van der Waals surface area contributed by atoms with Crippen LogP contribution < -0.4 is 5.32 Å². The summed E-state index contributed by atoms with van der Waals surface area (Å²) in [5, 5.41) is 2.64. The third kappa shape index (κ3) is 5.18. The fourth-order valence-electron chi connectivity index (χ4n) is 2.77. The first-order chi connectivity index (χ1) is 12.3. The lowest BCUT2D eigenvalue weighted by atomic mass is 10.0. The summed E-state index contributed by atoms with van der Waals surface area (Å²) < 4.78 is 0.980. The number of amides is 2. The molecule has 0 aromatic heterocycles. The van der Waals surface area contributed by atoms with Gasteiger partial charge in [-0.05, 0) is 55.2 Å². The van der Waals surface area contributed by atoms with E-state index in [0.29, 0.717) is 6.54 Å². The summed E-state index contributed by atoms with van der Waals surface area (Å²) >= 11 is 3.42. The number of rotatable bonds is 6. The Kier molecular flexibility index (Phi) is 6.98. The monoisotopic (exact) mass is 416 g/mol. The summed E-state index contributed by atoms with van der Waals surface area (Å²) in [6.45, 7) is 6.24. The fourth-order valence-corrected chi connectivity index (χ4v) is 3.03. The van der Waals surface area contributed by atoms with Crippen LogP contribution in [0.4, 0.5) is 0 Å². The molecule has 26 heavy (non-hydrogen) atoms. The standard InChI is InChI=1S/C21H25BrN2O2/c1-14-5-6-18(11-15(14)2)12-20(25)24(16(3)21(26)23-4)13-17-7-9-19(22)10-8-17/h5-11,16H,12-13H2,1-4H3,(H,23,26). The Bertz CT molecular complexity index is 787. The van der Waals surface area contributed by atoms with Gasteiger partial charge in [0, 0.05) is 18.1 Å². The smallest absolute Gasteiger partial charge is 0.242 e. The van der Waals surface area contributed by atoms with Gasteiger partial charge in [0.25, 0.3) is 0 Å². The van der Waals surface area contributed by atoms with Crippen LogP contribution in [0, 0.1) is 13.8 Å². The molecule has 2 aromatic rings. The second-order valence-corrected chi connectivity index (χ2v) is 7.45. The molecule has 0 aliphatic rings. The molecule has 1 atom stereocenters. The molecule has 2 rings (SSSR count). The zero-order valence-corrected chi connectivity index (χ0v) is 17.3. The zero-order valence-electron chi connectivity index (χ0n) is 15.7. The number of aryl methyl sites for hydroxylation is 2. The van der Waals surface area contributed by atoms with Crippen molar-refractivity contribution in [2.45, 2.75) is 39.8 Å². The van der Waals surface area contributed by atoms with Crippen LogP contribution in [0.2, 0.25) is 0 Å². The molecule has 5 heteroatoms. The summed E-state index contributed by atoms with van der Waals surface area (Å²) in [7, 11) is 1.59. The van der Waals surface area contributed by atoms with Crippen LogP contribution in [0.3, 0.4) is 0 Å². The van der Waals surface area contributed by atoms with Crippen molar-refractivity contribution in [2.24, 2.45) is 0 Å². The van der Waals surface area contributed by atoms with Crippen molar-refractivity contribution in [1.29, 1.82) is 0 Å². The summed E-state index contributed by atoms with van der Waals surface area (Å²) in [6, 6.07) is 13.3. The molecular formula is C21H25BrN2O2. The molecule has 138 valence electrons. The van der Waals surface area contributed by atoms with E-state index in [1.54, 1.807) is 18.9 Å². The van der Waals surface area contributed by atoms with Crippen LogP contribution in [0.1, 0.15) is 29.2 Å². The van der Waals surface area contributed by atoms with Gasteiger partial charge in [-0.15, -0.1) is 0 Å². The van der Waals surface area contributed by atoms with Gasteiger partial charge in [-0.3, -0.25) is 9.59 Å². The van der Waals surface area contributed by atoms with Crippen LogP contribution >= 0.6 is 15.9 Å². The molecule has 0 saturated carbocycles. The van der Waals surface area contributed by atoms with E-state index in [1.165, 1.54) is 5.56 Å². The Morgan fingerprint density at radius 2 is 1.65 bits per heavy atom. The lowest BCUT2D eigenvalue weighted by Crippen LogP contribution is -2.47. The van der Waals surface area contributed by atoms with Gasteiger partial charge in [0.1, 0.15) is 6.04 Å². The van der Waals surface area contributed by atoms with Gasteiger partial charge in [-0.25, -0.2) is 0 Å². The van der Waals surface area contributed by atoms with Gasteiger partial charge in [-0.2, -0.15) is 0 Å². The van der Waals surface area contributed by atoms with Gasteiger partial charge < -0.3 is 10.2 Å². The molecule has 1 unspecified atom stereocenters. The highest BCUT2D eigenvalue weighted by Crippen LogP contribution is 2.16. The van der Waals surface area contributed by atoms with Gasteiger partial charge in [0.2, 0.25) is 11.8 Å². The predicted octanol–water partition coefficient (Wildman–Crippen LogP) is 3.77. The second kappa shape index (κ2) is 8.99. The first-order valence-electron chi connectivity index (χ1n) is 8.63. The number of halogens is 1. The normalized spacial score (nSPS) is 11.7. The van der Waals surface area contributed by atoms with Crippen LogP contribution in [0.15, 0.2) is 46.9 Å². The van der Waals surface area contributed by atoms with E-state index >= 15 is 0 Å². The molecule has 2 amide bonds. The maximum Gasteiger partial charge on any atom is 0.242 e. The summed E-state index contributed by atoms with van der Waals surface area (Å²) in [6.07, 6.45) is 0.277. The van der Waals surface area contributed by atoms with E-state index in [4.69, 9.17) is 0 Å². The lowest BCUT2D eigenvalue weighted by molar-refractivity contribution is -0.139. The van der Waals surface area contributed by atoms with E-state index in [2.05, 4.69) is 28.2 Å². The van der Waals surface area contributed by atoms with Crippen LogP contribution in [0.25, 0.3) is 0 Å². The molecule has 0 saturated heterocycles. The van der Waals surface area contributed by atoms with Crippen molar-refractivity contribution in [3.63, 3.8) is 0 Å². The Balaban J connectivity index is 2.23. The number of nitrogens with zero attached hydrogens (tertiary/aromatic N) is 1. The quantitative estimate of drug-likeness (QED) is 0.778. The van der Waals surface area contributed by atoms with E-state index in [9.17, 15) is 9.59 Å². The number of carbonyl (C=O) groups is 2. The number of hydrogen-bond donors (Lipinski definition) is 1. The number of hydrogen-bond acceptors (Lipinski definition) is 2. The third-order valence-corrected chi connectivity index (χ3v) is 5.14. The maximum absolute atomic E-state index is 13.0. The molecule has 0 heterocycles. The topological polar surface area (TPSA) is 49.4 Å². The average molecular weight is 417 g/mol. The Labute approximate surface area is 163 Å². The van der Waals surface area contributed by atoms with Gasteiger partial charge in [0.05, 0.1) is 6.42 Å². The summed E-state index contributed by atoms with van der Waals surface area (Å²) in [5.41, 5.74) is 4.31. The van der Waals surface area contributed by atoms with Gasteiger partial charge >= 0.3 is 0 Å². The lowest BCUT2D eigenvalue weighted by Gasteiger charge is -2.28. The minimum Gasteiger partial charge on any atom is -0.357 e. The highest BCUT2D eigenvalue weighted by molar-refractivity contribution is 9.10. The van der Waals surface area contributed by atoms with Crippen molar-refractivity contribution in [2.75, 3.05) is 7.05 Å². The highest BCUT2D eigenvalue weighted by atomic mass is 79.9. The van der Waals surface area contributed by atoms with Crippen molar-refractivity contribution in [1.82, 2.24) is 10.2 Å². The van der Waals surface area contributed by atoms with Crippen molar-refractivity contribution < 1.29 is 9.59 Å². The fraction of sp³-hybridized carbons (Fsp3) is 0.333.